The molecule has 0 aromatic carbocycles. The molecule has 0 unspecified atom stereocenters. The second-order valence-electron chi connectivity index (χ2n) is 6.52. The molecule has 0 spiro atoms. The summed E-state index contributed by atoms with van der Waals surface area (Å²) in [4.78, 5) is 22.1. The van der Waals surface area contributed by atoms with Crippen LogP contribution >= 0.6 is 0 Å². The molecule has 0 bridgehead atoms. The Morgan fingerprint density at radius 1 is 1.15 bits per heavy atom. The van der Waals surface area contributed by atoms with Crippen molar-refractivity contribution in [2.24, 2.45) is 11.3 Å². The second kappa shape index (κ2) is 9.75. The largest absolute Gasteiger partial charge is 0.481 e. The zero-order chi connectivity index (χ0) is 15.6. The Morgan fingerprint density at radius 2 is 1.80 bits per heavy atom. The lowest BCUT2D eigenvalue weighted by atomic mass is 9.84. The van der Waals surface area contributed by atoms with Gasteiger partial charge in [0.2, 0.25) is 5.91 Å². The van der Waals surface area contributed by atoms with Gasteiger partial charge in [-0.3, -0.25) is 9.59 Å². The van der Waals surface area contributed by atoms with Crippen LogP contribution in [0, 0.1) is 11.3 Å². The first kappa shape index (κ1) is 18.9. The lowest BCUT2D eigenvalue weighted by Gasteiger charge is -2.23. The third kappa shape index (κ3) is 12.0. The van der Waals surface area contributed by atoms with Gasteiger partial charge in [0, 0.05) is 13.0 Å². The Bertz CT molecular complexity index is 301. The van der Waals surface area contributed by atoms with Crippen LogP contribution in [0.3, 0.4) is 0 Å². The SMILES string of the molecule is CC(C)CCNC(=O)CNCCC(C)(C)CCC(=O)O. The summed E-state index contributed by atoms with van der Waals surface area (Å²) in [5.74, 6) is -0.136. The minimum Gasteiger partial charge on any atom is -0.481 e. The summed E-state index contributed by atoms with van der Waals surface area (Å²) < 4.78 is 0. The van der Waals surface area contributed by atoms with Crippen LogP contribution in [0.2, 0.25) is 0 Å². The molecule has 3 N–H and O–H groups in total. The summed E-state index contributed by atoms with van der Waals surface area (Å²) in [5, 5.41) is 14.7. The van der Waals surface area contributed by atoms with Gasteiger partial charge in [-0.2, -0.15) is 0 Å². The number of carboxylic acids is 1. The average Bonchev–Trinajstić information content (AvgIpc) is 2.32. The van der Waals surface area contributed by atoms with Gasteiger partial charge in [-0.1, -0.05) is 27.7 Å². The number of carbonyl (C=O) groups is 2. The molecule has 0 rings (SSSR count). The minimum absolute atomic E-state index is 0.0144. The van der Waals surface area contributed by atoms with E-state index < -0.39 is 5.97 Å². The van der Waals surface area contributed by atoms with E-state index in [1.807, 2.05) is 0 Å². The molecule has 0 heterocycles. The van der Waals surface area contributed by atoms with E-state index in [0.29, 0.717) is 18.9 Å². The van der Waals surface area contributed by atoms with Crippen LogP contribution in [0.4, 0.5) is 0 Å². The van der Waals surface area contributed by atoms with E-state index in [-0.39, 0.29) is 17.7 Å². The maximum Gasteiger partial charge on any atom is 0.303 e. The summed E-state index contributed by atoms with van der Waals surface area (Å²) in [5.41, 5.74) is -0.0144. The molecule has 20 heavy (non-hydrogen) atoms. The topological polar surface area (TPSA) is 78.4 Å². The van der Waals surface area contributed by atoms with Gasteiger partial charge < -0.3 is 15.7 Å². The number of rotatable bonds is 11. The maximum atomic E-state index is 11.5. The average molecular weight is 286 g/mol. The monoisotopic (exact) mass is 286 g/mol. The highest BCUT2D eigenvalue weighted by molar-refractivity contribution is 5.77. The van der Waals surface area contributed by atoms with Crippen molar-refractivity contribution in [1.82, 2.24) is 10.6 Å². The van der Waals surface area contributed by atoms with E-state index in [9.17, 15) is 9.59 Å². The molecular weight excluding hydrogens is 256 g/mol. The summed E-state index contributed by atoms with van der Waals surface area (Å²) >= 11 is 0. The predicted molar refractivity (Wildman–Crippen MR) is 80.6 cm³/mol. The van der Waals surface area contributed by atoms with E-state index in [1.54, 1.807) is 0 Å². The first-order valence-corrected chi connectivity index (χ1v) is 7.42. The van der Waals surface area contributed by atoms with Gasteiger partial charge in [0.05, 0.1) is 6.54 Å². The number of nitrogens with one attached hydrogen (secondary N) is 2. The van der Waals surface area contributed by atoms with Crippen molar-refractivity contribution in [3.05, 3.63) is 0 Å². The molecule has 5 nitrogen and oxygen atoms in total. The van der Waals surface area contributed by atoms with Crippen LogP contribution in [-0.4, -0.2) is 36.6 Å². The van der Waals surface area contributed by atoms with Gasteiger partial charge in [-0.25, -0.2) is 0 Å². The van der Waals surface area contributed by atoms with E-state index in [1.165, 1.54) is 0 Å². The van der Waals surface area contributed by atoms with Gasteiger partial charge >= 0.3 is 5.97 Å². The number of amides is 1. The molecule has 0 aliphatic carbocycles. The smallest absolute Gasteiger partial charge is 0.303 e. The van der Waals surface area contributed by atoms with Crippen molar-refractivity contribution in [3.63, 3.8) is 0 Å². The van der Waals surface area contributed by atoms with Gasteiger partial charge in [0.15, 0.2) is 0 Å². The first-order valence-electron chi connectivity index (χ1n) is 7.42. The molecule has 0 aromatic rings. The predicted octanol–water partition coefficient (Wildman–Crippen LogP) is 2.02. The minimum atomic E-state index is -0.754. The van der Waals surface area contributed by atoms with E-state index in [4.69, 9.17) is 5.11 Å². The molecular formula is C15H30N2O3. The quantitative estimate of drug-likeness (QED) is 0.508. The normalized spacial score (nSPS) is 11.7. The fourth-order valence-electron chi connectivity index (χ4n) is 1.76. The zero-order valence-corrected chi connectivity index (χ0v) is 13.3. The van der Waals surface area contributed by atoms with Crippen molar-refractivity contribution >= 4 is 11.9 Å². The molecule has 1 amide bonds. The maximum absolute atomic E-state index is 11.5. The number of carboxylic acid groups (broad SMARTS) is 1. The van der Waals surface area contributed by atoms with E-state index in [0.717, 1.165) is 25.9 Å². The molecule has 0 fully saturated rings. The molecule has 0 saturated carbocycles. The van der Waals surface area contributed by atoms with Crippen molar-refractivity contribution in [1.29, 1.82) is 0 Å². The lowest BCUT2D eigenvalue weighted by molar-refractivity contribution is -0.137. The first-order chi connectivity index (χ1) is 9.23. The van der Waals surface area contributed by atoms with Crippen LogP contribution in [0.15, 0.2) is 0 Å². The molecule has 0 aliphatic rings. The Hall–Kier alpha value is -1.10. The van der Waals surface area contributed by atoms with Crippen LogP contribution in [0.1, 0.15) is 53.4 Å². The number of hydrogen-bond donors (Lipinski definition) is 3. The fraction of sp³-hybridized carbons (Fsp3) is 0.867. The van der Waals surface area contributed by atoms with E-state index >= 15 is 0 Å². The third-order valence-electron chi connectivity index (χ3n) is 3.32. The van der Waals surface area contributed by atoms with Crippen LogP contribution in [0.25, 0.3) is 0 Å². The lowest BCUT2D eigenvalue weighted by Crippen LogP contribution is -2.36. The van der Waals surface area contributed by atoms with Gasteiger partial charge in [0.1, 0.15) is 0 Å². The molecule has 0 aromatic heterocycles. The summed E-state index contributed by atoms with van der Waals surface area (Å²) in [6, 6.07) is 0. The molecule has 5 heteroatoms. The van der Waals surface area contributed by atoms with Crippen molar-refractivity contribution in [2.75, 3.05) is 19.6 Å². The summed E-state index contributed by atoms with van der Waals surface area (Å²) in [6.45, 7) is 10.1. The van der Waals surface area contributed by atoms with E-state index in [2.05, 4.69) is 38.3 Å². The Labute approximate surface area is 122 Å². The Morgan fingerprint density at radius 3 is 2.35 bits per heavy atom. The Kier molecular flexibility index (Phi) is 9.21. The highest BCUT2D eigenvalue weighted by Crippen LogP contribution is 2.25. The van der Waals surface area contributed by atoms with Gasteiger partial charge in [0.25, 0.3) is 0 Å². The number of aliphatic carboxylic acids is 1. The van der Waals surface area contributed by atoms with Crippen LogP contribution < -0.4 is 10.6 Å². The highest BCUT2D eigenvalue weighted by atomic mass is 16.4. The molecule has 0 radical (unpaired) electrons. The third-order valence-corrected chi connectivity index (χ3v) is 3.32. The summed E-state index contributed by atoms with van der Waals surface area (Å²) in [6.07, 6.45) is 2.71. The van der Waals surface area contributed by atoms with Crippen LogP contribution in [-0.2, 0) is 9.59 Å². The second-order valence-corrected chi connectivity index (χ2v) is 6.52. The van der Waals surface area contributed by atoms with Crippen molar-refractivity contribution < 1.29 is 14.7 Å². The summed E-state index contributed by atoms with van der Waals surface area (Å²) in [7, 11) is 0. The van der Waals surface area contributed by atoms with Crippen molar-refractivity contribution in [2.45, 2.75) is 53.4 Å². The molecule has 118 valence electrons. The number of carbonyl (C=O) groups excluding carboxylic acids is 1. The zero-order valence-electron chi connectivity index (χ0n) is 13.3. The Balaban J connectivity index is 3.63. The van der Waals surface area contributed by atoms with Crippen molar-refractivity contribution in [3.8, 4) is 0 Å². The molecule has 0 saturated heterocycles. The van der Waals surface area contributed by atoms with Crippen LogP contribution in [0.5, 0.6) is 0 Å². The standard InChI is InChI=1S/C15H30N2O3/c1-12(2)6-9-17-13(18)11-16-10-8-15(3,4)7-5-14(19)20/h12,16H,5-11H2,1-4H3,(H,17,18)(H,19,20). The molecule has 0 atom stereocenters. The highest BCUT2D eigenvalue weighted by Gasteiger charge is 2.18. The van der Waals surface area contributed by atoms with Gasteiger partial charge in [-0.15, -0.1) is 0 Å². The molecule has 0 aliphatic heterocycles. The fourth-order valence-corrected chi connectivity index (χ4v) is 1.76. The van der Waals surface area contributed by atoms with Gasteiger partial charge in [-0.05, 0) is 37.1 Å². The number of hydrogen-bond acceptors (Lipinski definition) is 3.